The number of hydrogen-bond acceptors (Lipinski definition) is 1. The van der Waals surface area contributed by atoms with Gasteiger partial charge in [0.15, 0.2) is 0 Å². The second-order valence-electron chi connectivity index (χ2n) is 6.20. The standard InChI is InChI=1S/C22H22N2O/c1-2-8-18(15-19-16-24-21-12-7-6-11-20(19)21)22(25)23-14-13-17-9-4-3-5-10-17/h1,3-7,9-12,16,18,24H,8,13-15H2,(H,23,25). The number of carbonyl (C=O) groups excluding carboxylic acids is 1. The highest BCUT2D eigenvalue weighted by Gasteiger charge is 2.19. The predicted molar refractivity (Wildman–Crippen MR) is 102 cm³/mol. The lowest BCUT2D eigenvalue weighted by molar-refractivity contribution is -0.124. The van der Waals surface area contributed by atoms with Gasteiger partial charge in [0.25, 0.3) is 0 Å². The molecule has 2 N–H and O–H groups in total. The number of aromatic nitrogens is 1. The van der Waals surface area contributed by atoms with Crippen LogP contribution in [0.2, 0.25) is 0 Å². The summed E-state index contributed by atoms with van der Waals surface area (Å²) in [4.78, 5) is 15.8. The van der Waals surface area contributed by atoms with Crippen LogP contribution in [0.4, 0.5) is 0 Å². The molecule has 3 heteroatoms. The Bertz CT molecular complexity index is 874. The number of hydrogen-bond donors (Lipinski definition) is 2. The summed E-state index contributed by atoms with van der Waals surface area (Å²) in [5.41, 5.74) is 3.43. The second kappa shape index (κ2) is 8.21. The minimum absolute atomic E-state index is 0.0270. The second-order valence-corrected chi connectivity index (χ2v) is 6.20. The molecule has 0 saturated heterocycles. The van der Waals surface area contributed by atoms with Gasteiger partial charge in [0, 0.05) is 30.1 Å². The van der Waals surface area contributed by atoms with Crippen LogP contribution < -0.4 is 5.32 Å². The molecule has 25 heavy (non-hydrogen) atoms. The van der Waals surface area contributed by atoms with Crippen LogP contribution in [0.25, 0.3) is 10.9 Å². The lowest BCUT2D eigenvalue weighted by Gasteiger charge is -2.14. The molecule has 1 atom stereocenters. The van der Waals surface area contributed by atoms with E-state index in [-0.39, 0.29) is 11.8 Å². The van der Waals surface area contributed by atoms with Crippen molar-refractivity contribution in [2.24, 2.45) is 5.92 Å². The molecule has 0 aliphatic carbocycles. The fraction of sp³-hybridized carbons (Fsp3) is 0.227. The molecule has 0 fully saturated rings. The van der Waals surface area contributed by atoms with Gasteiger partial charge in [-0.1, -0.05) is 48.5 Å². The SMILES string of the molecule is C#CCC(Cc1c[nH]c2ccccc12)C(=O)NCCc1ccccc1. The van der Waals surface area contributed by atoms with E-state index in [1.807, 2.05) is 42.6 Å². The highest BCUT2D eigenvalue weighted by Crippen LogP contribution is 2.22. The third-order valence-electron chi connectivity index (χ3n) is 4.43. The Kier molecular flexibility index (Phi) is 5.53. The smallest absolute Gasteiger partial charge is 0.224 e. The van der Waals surface area contributed by atoms with E-state index in [1.165, 1.54) is 5.56 Å². The molecule has 3 aromatic rings. The molecule has 0 aliphatic rings. The topological polar surface area (TPSA) is 44.9 Å². The summed E-state index contributed by atoms with van der Waals surface area (Å²) in [6.07, 6.45) is 9.38. The van der Waals surface area contributed by atoms with Gasteiger partial charge in [0.2, 0.25) is 5.91 Å². The van der Waals surface area contributed by atoms with Crippen LogP contribution in [-0.2, 0) is 17.6 Å². The lowest BCUT2D eigenvalue weighted by Crippen LogP contribution is -2.33. The third kappa shape index (κ3) is 4.30. The van der Waals surface area contributed by atoms with Gasteiger partial charge >= 0.3 is 0 Å². The molecular weight excluding hydrogens is 308 g/mol. The van der Waals surface area contributed by atoms with E-state index in [4.69, 9.17) is 6.42 Å². The van der Waals surface area contributed by atoms with Crippen molar-refractivity contribution in [1.82, 2.24) is 10.3 Å². The van der Waals surface area contributed by atoms with Gasteiger partial charge in [0.1, 0.15) is 0 Å². The highest BCUT2D eigenvalue weighted by atomic mass is 16.1. The average Bonchev–Trinajstić information content (AvgIpc) is 3.05. The lowest BCUT2D eigenvalue weighted by atomic mass is 9.95. The minimum Gasteiger partial charge on any atom is -0.361 e. The fourth-order valence-electron chi connectivity index (χ4n) is 3.08. The number of benzene rings is 2. The molecule has 1 aromatic heterocycles. The summed E-state index contributed by atoms with van der Waals surface area (Å²) in [5.74, 6) is 2.46. The summed E-state index contributed by atoms with van der Waals surface area (Å²) in [7, 11) is 0. The quantitative estimate of drug-likeness (QED) is 0.637. The zero-order valence-corrected chi connectivity index (χ0v) is 14.2. The zero-order valence-electron chi connectivity index (χ0n) is 14.2. The van der Waals surface area contributed by atoms with Crippen molar-refractivity contribution in [3.05, 3.63) is 71.9 Å². The summed E-state index contributed by atoms with van der Waals surface area (Å²) >= 11 is 0. The van der Waals surface area contributed by atoms with Crippen molar-refractivity contribution in [2.75, 3.05) is 6.54 Å². The van der Waals surface area contributed by atoms with Crippen molar-refractivity contribution in [3.63, 3.8) is 0 Å². The normalized spacial score (nSPS) is 11.8. The van der Waals surface area contributed by atoms with E-state index in [9.17, 15) is 4.79 Å². The Labute approximate surface area is 148 Å². The maximum atomic E-state index is 12.6. The van der Waals surface area contributed by atoms with Crippen LogP contribution >= 0.6 is 0 Å². The first-order valence-corrected chi connectivity index (χ1v) is 8.58. The van der Waals surface area contributed by atoms with Gasteiger partial charge in [-0.15, -0.1) is 12.3 Å². The first kappa shape index (κ1) is 16.9. The van der Waals surface area contributed by atoms with E-state index < -0.39 is 0 Å². The number of H-pyrrole nitrogens is 1. The van der Waals surface area contributed by atoms with Crippen molar-refractivity contribution in [1.29, 1.82) is 0 Å². The van der Waals surface area contributed by atoms with Crippen LogP contribution in [0.5, 0.6) is 0 Å². The van der Waals surface area contributed by atoms with Crippen molar-refractivity contribution in [3.8, 4) is 12.3 Å². The number of nitrogens with one attached hydrogen (secondary N) is 2. The van der Waals surface area contributed by atoms with Crippen LogP contribution in [-0.4, -0.2) is 17.4 Å². The Hall–Kier alpha value is -2.99. The first-order chi connectivity index (χ1) is 12.3. The van der Waals surface area contributed by atoms with Gasteiger partial charge in [-0.2, -0.15) is 0 Å². The number of para-hydroxylation sites is 1. The summed E-state index contributed by atoms with van der Waals surface area (Å²) in [6, 6.07) is 18.3. The first-order valence-electron chi connectivity index (χ1n) is 8.58. The number of carbonyl (C=O) groups is 1. The molecule has 1 amide bonds. The summed E-state index contributed by atoms with van der Waals surface area (Å²) in [6.45, 7) is 0.623. The molecule has 1 heterocycles. The third-order valence-corrected chi connectivity index (χ3v) is 4.43. The molecule has 1 unspecified atom stereocenters. The number of aromatic amines is 1. The Morgan fingerprint density at radius 2 is 1.88 bits per heavy atom. The molecule has 0 bridgehead atoms. The maximum absolute atomic E-state index is 12.6. The Morgan fingerprint density at radius 3 is 2.68 bits per heavy atom. The van der Waals surface area contributed by atoms with E-state index >= 15 is 0 Å². The van der Waals surface area contributed by atoms with Gasteiger partial charge in [-0.05, 0) is 30.0 Å². The van der Waals surface area contributed by atoms with Crippen molar-refractivity contribution < 1.29 is 4.79 Å². The minimum atomic E-state index is -0.208. The van der Waals surface area contributed by atoms with E-state index in [0.29, 0.717) is 19.4 Å². The average molecular weight is 330 g/mol. The monoisotopic (exact) mass is 330 g/mol. The Morgan fingerprint density at radius 1 is 1.12 bits per heavy atom. The van der Waals surface area contributed by atoms with Gasteiger partial charge in [-0.3, -0.25) is 4.79 Å². The summed E-state index contributed by atoms with van der Waals surface area (Å²) in [5, 5.41) is 4.19. The van der Waals surface area contributed by atoms with Crippen LogP contribution in [0.15, 0.2) is 60.8 Å². The van der Waals surface area contributed by atoms with Gasteiger partial charge in [0.05, 0.1) is 5.92 Å². The summed E-state index contributed by atoms with van der Waals surface area (Å²) < 4.78 is 0. The number of terminal acetylenes is 1. The number of rotatable bonds is 7. The van der Waals surface area contributed by atoms with E-state index in [1.54, 1.807) is 0 Å². The highest BCUT2D eigenvalue weighted by molar-refractivity contribution is 5.85. The molecule has 126 valence electrons. The molecule has 2 aromatic carbocycles. The van der Waals surface area contributed by atoms with E-state index in [2.05, 4.69) is 34.4 Å². The van der Waals surface area contributed by atoms with Crippen molar-refractivity contribution >= 4 is 16.8 Å². The molecule has 0 spiro atoms. The predicted octanol–water partition coefficient (Wildman–Crippen LogP) is 3.71. The van der Waals surface area contributed by atoms with Gasteiger partial charge < -0.3 is 10.3 Å². The molecule has 3 rings (SSSR count). The molecule has 0 aliphatic heterocycles. The number of amides is 1. The van der Waals surface area contributed by atoms with Crippen LogP contribution in [0.1, 0.15) is 17.5 Å². The molecular formula is C22H22N2O. The van der Waals surface area contributed by atoms with Crippen LogP contribution in [0, 0.1) is 18.3 Å². The molecule has 3 nitrogen and oxygen atoms in total. The Balaban J connectivity index is 1.62. The largest absolute Gasteiger partial charge is 0.361 e. The van der Waals surface area contributed by atoms with E-state index in [0.717, 1.165) is 22.9 Å². The number of fused-ring (bicyclic) bond motifs is 1. The molecule has 0 saturated carbocycles. The maximum Gasteiger partial charge on any atom is 0.224 e. The molecule has 0 radical (unpaired) electrons. The van der Waals surface area contributed by atoms with Gasteiger partial charge in [-0.25, -0.2) is 0 Å². The fourth-order valence-corrected chi connectivity index (χ4v) is 3.08. The van der Waals surface area contributed by atoms with Crippen molar-refractivity contribution in [2.45, 2.75) is 19.3 Å². The zero-order chi connectivity index (χ0) is 17.5. The van der Waals surface area contributed by atoms with Crippen LogP contribution in [0.3, 0.4) is 0 Å².